The molecule has 66 valence electrons. The van der Waals surface area contributed by atoms with Crippen LogP contribution in [0.1, 0.15) is 16.7 Å². The second-order valence-corrected chi connectivity index (χ2v) is 3.64. The highest BCUT2D eigenvalue weighted by molar-refractivity contribution is 7.80. The minimum Gasteiger partial charge on any atom is -0.305 e. The van der Waals surface area contributed by atoms with Crippen LogP contribution in [-0.2, 0) is 0 Å². The third-order valence-corrected chi connectivity index (χ3v) is 2.32. The fourth-order valence-electron chi connectivity index (χ4n) is 1.44. The standard InChI is InChI=1S/C10H12BNS/c1-6-3-7(2)10(8(12)5-11)9(13)4-6/h3-4,12-13H,5H2,1-2H3. The molecule has 0 aliphatic heterocycles. The zero-order chi connectivity index (χ0) is 10.0. The molecule has 0 atom stereocenters. The summed E-state index contributed by atoms with van der Waals surface area (Å²) in [5, 5.41) is 7.66. The van der Waals surface area contributed by atoms with Crippen LogP contribution in [0.25, 0.3) is 0 Å². The quantitative estimate of drug-likeness (QED) is 0.406. The van der Waals surface area contributed by atoms with Gasteiger partial charge in [-0.05, 0) is 37.4 Å². The first-order valence-corrected chi connectivity index (χ1v) is 4.59. The van der Waals surface area contributed by atoms with Gasteiger partial charge in [-0.3, -0.25) is 0 Å². The van der Waals surface area contributed by atoms with Gasteiger partial charge in [-0.1, -0.05) is 6.07 Å². The van der Waals surface area contributed by atoms with Crippen LogP contribution in [0.3, 0.4) is 0 Å². The molecule has 0 aliphatic rings. The molecule has 0 aromatic heterocycles. The van der Waals surface area contributed by atoms with Gasteiger partial charge in [-0.2, -0.15) is 0 Å². The Bertz CT molecular complexity index is 324. The van der Waals surface area contributed by atoms with Crippen LogP contribution >= 0.6 is 12.6 Å². The van der Waals surface area contributed by atoms with Crippen molar-refractivity contribution in [1.29, 1.82) is 5.41 Å². The Hall–Kier alpha value is -0.695. The number of benzene rings is 1. The van der Waals surface area contributed by atoms with Crippen molar-refractivity contribution in [2.75, 3.05) is 0 Å². The van der Waals surface area contributed by atoms with Crippen molar-refractivity contribution in [2.45, 2.75) is 25.1 Å². The number of hydrogen-bond donors (Lipinski definition) is 2. The van der Waals surface area contributed by atoms with Crippen LogP contribution in [0.4, 0.5) is 0 Å². The van der Waals surface area contributed by atoms with Gasteiger partial charge in [0.1, 0.15) is 0 Å². The van der Waals surface area contributed by atoms with Gasteiger partial charge in [0.2, 0.25) is 0 Å². The largest absolute Gasteiger partial charge is 0.305 e. The van der Waals surface area contributed by atoms with E-state index in [9.17, 15) is 0 Å². The van der Waals surface area contributed by atoms with Gasteiger partial charge in [-0.25, -0.2) is 0 Å². The van der Waals surface area contributed by atoms with Gasteiger partial charge in [0.25, 0.3) is 0 Å². The van der Waals surface area contributed by atoms with Crippen molar-refractivity contribution in [3.63, 3.8) is 0 Å². The second kappa shape index (κ2) is 4.01. The maximum Gasteiger partial charge on any atom is 0.0737 e. The van der Waals surface area contributed by atoms with Crippen molar-refractivity contribution in [3.05, 3.63) is 28.8 Å². The van der Waals surface area contributed by atoms with E-state index in [2.05, 4.69) is 12.6 Å². The molecule has 1 N–H and O–H groups in total. The lowest BCUT2D eigenvalue weighted by atomic mass is 9.92. The maximum atomic E-state index is 7.66. The van der Waals surface area contributed by atoms with E-state index in [0.29, 0.717) is 5.71 Å². The summed E-state index contributed by atoms with van der Waals surface area (Å²) in [7, 11) is 5.42. The number of hydrogen-bond acceptors (Lipinski definition) is 2. The topological polar surface area (TPSA) is 23.9 Å². The Morgan fingerprint density at radius 1 is 1.46 bits per heavy atom. The summed E-state index contributed by atoms with van der Waals surface area (Å²) >= 11 is 4.33. The molecule has 0 bridgehead atoms. The molecule has 0 saturated heterocycles. The average Bonchev–Trinajstić information content (AvgIpc) is 2.02. The van der Waals surface area contributed by atoms with E-state index in [4.69, 9.17) is 13.3 Å². The zero-order valence-electron chi connectivity index (χ0n) is 7.89. The maximum absolute atomic E-state index is 7.66. The molecule has 0 amide bonds. The molecule has 13 heavy (non-hydrogen) atoms. The molecule has 1 rings (SSSR count). The van der Waals surface area contributed by atoms with E-state index >= 15 is 0 Å². The van der Waals surface area contributed by atoms with Crippen molar-refractivity contribution in [2.24, 2.45) is 0 Å². The minimum absolute atomic E-state index is 0.261. The lowest BCUT2D eigenvalue weighted by Gasteiger charge is -2.10. The summed E-state index contributed by atoms with van der Waals surface area (Å²) in [5.41, 5.74) is 3.55. The van der Waals surface area contributed by atoms with Crippen LogP contribution in [0.2, 0.25) is 6.32 Å². The lowest BCUT2D eigenvalue weighted by Crippen LogP contribution is -2.02. The first-order chi connectivity index (χ1) is 6.06. The summed E-state index contributed by atoms with van der Waals surface area (Å²) in [4.78, 5) is 0.841. The molecule has 0 saturated carbocycles. The number of rotatable bonds is 2. The molecule has 0 aliphatic carbocycles. The number of nitrogens with one attached hydrogen (secondary N) is 1. The van der Waals surface area contributed by atoms with E-state index < -0.39 is 0 Å². The molecule has 1 nitrogen and oxygen atoms in total. The lowest BCUT2D eigenvalue weighted by molar-refractivity contribution is 1.25. The van der Waals surface area contributed by atoms with E-state index in [0.717, 1.165) is 21.6 Å². The second-order valence-electron chi connectivity index (χ2n) is 3.16. The van der Waals surface area contributed by atoms with E-state index in [1.807, 2.05) is 26.0 Å². The van der Waals surface area contributed by atoms with Crippen molar-refractivity contribution in [1.82, 2.24) is 0 Å². The molecule has 0 spiro atoms. The first-order valence-electron chi connectivity index (χ1n) is 4.14. The van der Waals surface area contributed by atoms with Gasteiger partial charge in [0.05, 0.1) is 7.85 Å². The molecular weight excluding hydrogens is 177 g/mol. The highest BCUT2D eigenvalue weighted by Gasteiger charge is 2.07. The summed E-state index contributed by atoms with van der Waals surface area (Å²) in [5.74, 6) is 0. The molecular formula is C10H12BNS. The highest BCUT2D eigenvalue weighted by Crippen LogP contribution is 2.21. The van der Waals surface area contributed by atoms with E-state index in [1.165, 1.54) is 0 Å². The summed E-state index contributed by atoms with van der Waals surface area (Å²) in [6.45, 7) is 3.99. The van der Waals surface area contributed by atoms with Crippen LogP contribution in [-0.4, -0.2) is 13.6 Å². The zero-order valence-corrected chi connectivity index (χ0v) is 8.78. The Labute approximate surface area is 85.9 Å². The number of aryl methyl sites for hydroxylation is 2. The van der Waals surface area contributed by atoms with Crippen LogP contribution in [0, 0.1) is 19.3 Å². The SMILES string of the molecule is [B]CC(=N)c1c(C)cc(C)cc1S. The summed E-state index contributed by atoms with van der Waals surface area (Å²) < 4.78 is 0. The Balaban J connectivity index is 3.28. The predicted octanol–water partition coefficient (Wildman–Crippen LogP) is 2.55. The third-order valence-electron chi connectivity index (χ3n) is 1.96. The predicted molar refractivity (Wildman–Crippen MR) is 60.6 cm³/mol. The normalized spacial score (nSPS) is 10.1. The molecule has 0 unspecified atom stereocenters. The van der Waals surface area contributed by atoms with Crippen molar-refractivity contribution < 1.29 is 0 Å². The summed E-state index contributed by atoms with van der Waals surface area (Å²) in [6.07, 6.45) is 0.261. The Morgan fingerprint density at radius 3 is 2.54 bits per heavy atom. The minimum atomic E-state index is 0.261. The molecule has 3 heteroatoms. The van der Waals surface area contributed by atoms with E-state index in [1.54, 1.807) is 0 Å². The first kappa shape index (κ1) is 10.4. The molecule has 2 radical (unpaired) electrons. The monoisotopic (exact) mass is 189 g/mol. The fraction of sp³-hybridized carbons (Fsp3) is 0.300. The molecule has 1 aromatic rings. The average molecular weight is 189 g/mol. The number of thiol groups is 1. The van der Waals surface area contributed by atoms with Gasteiger partial charge >= 0.3 is 0 Å². The third kappa shape index (κ3) is 2.16. The Kier molecular flexibility index (Phi) is 3.20. The smallest absolute Gasteiger partial charge is 0.0737 e. The summed E-state index contributed by atoms with van der Waals surface area (Å²) in [6, 6.07) is 3.99. The van der Waals surface area contributed by atoms with E-state index in [-0.39, 0.29) is 6.32 Å². The molecule has 0 heterocycles. The van der Waals surface area contributed by atoms with Gasteiger partial charge in [0, 0.05) is 16.2 Å². The van der Waals surface area contributed by atoms with Gasteiger partial charge < -0.3 is 5.41 Å². The van der Waals surface area contributed by atoms with Crippen molar-refractivity contribution in [3.8, 4) is 0 Å². The molecule has 0 fully saturated rings. The van der Waals surface area contributed by atoms with Crippen LogP contribution in [0.15, 0.2) is 17.0 Å². The molecule has 1 aromatic carbocycles. The highest BCUT2D eigenvalue weighted by atomic mass is 32.1. The fourth-order valence-corrected chi connectivity index (χ4v) is 1.95. The van der Waals surface area contributed by atoms with Gasteiger partial charge in [-0.15, -0.1) is 12.6 Å². The van der Waals surface area contributed by atoms with Crippen LogP contribution in [0.5, 0.6) is 0 Å². The van der Waals surface area contributed by atoms with Crippen LogP contribution < -0.4 is 0 Å². The van der Waals surface area contributed by atoms with Crippen molar-refractivity contribution >= 4 is 26.2 Å². The Morgan fingerprint density at radius 2 is 2.08 bits per heavy atom. The van der Waals surface area contributed by atoms with Gasteiger partial charge in [0.15, 0.2) is 0 Å².